The van der Waals surface area contributed by atoms with E-state index in [1.165, 1.54) is 6.42 Å². The Hall–Kier alpha value is -1.47. The second-order valence-corrected chi connectivity index (χ2v) is 5.47. The predicted octanol–water partition coefficient (Wildman–Crippen LogP) is 3.38. The zero-order valence-corrected chi connectivity index (χ0v) is 12.7. The van der Waals surface area contributed by atoms with E-state index >= 15 is 0 Å². The van der Waals surface area contributed by atoms with Crippen molar-refractivity contribution in [1.29, 1.82) is 0 Å². The first-order chi connectivity index (χ1) is 10.2. The van der Waals surface area contributed by atoms with Crippen molar-refractivity contribution < 1.29 is 23.1 Å². The molecule has 3 N–H and O–H groups in total. The van der Waals surface area contributed by atoms with Crippen molar-refractivity contribution in [3.8, 4) is 0 Å². The number of hydrogen-bond acceptors (Lipinski definition) is 3. The van der Waals surface area contributed by atoms with Crippen LogP contribution in [-0.4, -0.2) is 36.4 Å². The summed E-state index contributed by atoms with van der Waals surface area (Å²) in [6, 6.07) is 8.51. The van der Waals surface area contributed by atoms with E-state index < -0.39 is 12.1 Å². The molecule has 0 aliphatic carbocycles. The lowest BCUT2D eigenvalue weighted by atomic mass is 9.95. The molecule has 0 unspecified atom stereocenters. The van der Waals surface area contributed by atoms with E-state index in [2.05, 4.69) is 17.6 Å². The monoisotopic (exact) mass is 338 g/mol. The average Bonchev–Trinajstić information content (AvgIpc) is 2.43. The predicted molar refractivity (Wildman–Crippen MR) is 79.2 cm³/mol. The standard InChI is InChI=1S/C12H17ClN2.C2HF3O2/c1-9-8-14-7-6-12(9)15-11-4-2-10(13)3-5-11;3-2(4,5)1(6)7/h2-5,9,12,14-15H,6-8H2,1H3;(H,6,7)/t9-,12+;/m0./s1. The van der Waals surface area contributed by atoms with Crippen LogP contribution in [0.5, 0.6) is 0 Å². The number of carboxylic acid groups (broad SMARTS) is 1. The highest BCUT2D eigenvalue weighted by Gasteiger charge is 2.38. The summed E-state index contributed by atoms with van der Waals surface area (Å²) in [5.41, 5.74) is 1.16. The maximum Gasteiger partial charge on any atom is 0.490 e. The summed E-state index contributed by atoms with van der Waals surface area (Å²) in [5.74, 6) is -2.08. The second kappa shape index (κ2) is 8.24. The molecule has 1 aliphatic heterocycles. The van der Waals surface area contributed by atoms with Crippen LogP contribution in [0.3, 0.4) is 0 Å². The number of aliphatic carboxylic acids is 1. The number of rotatable bonds is 2. The summed E-state index contributed by atoms with van der Waals surface area (Å²) in [4.78, 5) is 8.90. The molecular formula is C14H18ClF3N2O2. The van der Waals surface area contributed by atoms with E-state index in [4.69, 9.17) is 21.5 Å². The first-order valence-corrected chi connectivity index (χ1v) is 7.11. The molecule has 0 aromatic heterocycles. The van der Waals surface area contributed by atoms with E-state index in [0.717, 1.165) is 23.8 Å². The van der Waals surface area contributed by atoms with Gasteiger partial charge < -0.3 is 15.7 Å². The number of nitrogens with one attached hydrogen (secondary N) is 2. The number of alkyl halides is 3. The van der Waals surface area contributed by atoms with Crippen molar-refractivity contribution in [2.75, 3.05) is 18.4 Å². The SMILES string of the molecule is C[C@H]1CNCC[C@H]1Nc1ccc(Cl)cc1.O=C(O)C(F)(F)F. The number of carbonyl (C=O) groups is 1. The van der Waals surface area contributed by atoms with Crippen LogP contribution >= 0.6 is 11.6 Å². The summed E-state index contributed by atoms with van der Waals surface area (Å²) in [6.07, 6.45) is -3.90. The lowest BCUT2D eigenvalue weighted by Gasteiger charge is -2.31. The summed E-state index contributed by atoms with van der Waals surface area (Å²) >= 11 is 5.85. The van der Waals surface area contributed by atoms with Crippen LogP contribution in [-0.2, 0) is 4.79 Å². The van der Waals surface area contributed by atoms with Gasteiger partial charge in [-0.25, -0.2) is 4.79 Å². The van der Waals surface area contributed by atoms with Crippen LogP contribution in [0.2, 0.25) is 5.02 Å². The lowest BCUT2D eigenvalue weighted by molar-refractivity contribution is -0.192. The summed E-state index contributed by atoms with van der Waals surface area (Å²) in [5, 5.41) is 14.9. The van der Waals surface area contributed by atoms with Gasteiger partial charge in [-0.15, -0.1) is 0 Å². The molecule has 0 saturated carbocycles. The molecule has 1 aromatic carbocycles. The summed E-state index contributed by atoms with van der Waals surface area (Å²) in [7, 11) is 0. The Morgan fingerprint density at radius 1 is 1.36 bits per heavy atom. The molecule has 0 bridgehead atoms. The van der Waals surface area contributed by atoms with E-state index in [-0.39, 0.29) is 0 Å². The van der Waals surface area contributed by atoms with Crippen LogP contribution in [0, 0.1) is 5.92 Å². The van der Waals surface area contributed by atoms with Crippen molar-refractivity contribution >= 4 is 23.3 Å². The highest BCUT2D eigenvalue weighted by Crippen LogP contribution is 2.19. The third kappa shape index (κ3) is 6.53. The van der Waals surface area contributed by atoms with Crippen LogP contribution in [0.15, 0.2) is 24.3 Å². The van der Waals surface area contributed by atoms with Crippen LogP contribution < -0.4 is 10.6 Å². The zero-order chi connectivity index (χ0) is 16.8. The Labute approximate surface area is 131 Å². The first-order valence-electron chi connectivity index (χ1n) is 6.73. The number of anilines is 1. The molecule has 1 fully saturated rings. The highest BCUT2D eigenvalue weighted by atomic mass is 35.5. The minimum Gasteiger partial charge on any atom is -0.475 e. The van der Waals surface area contributed by atoms with Gasteiger partial charge in [0.05, 0.1) is 0 Å². The van der Waals surface area contributed by atoms with Gasteiger partial charge in [0.2, 0.25) is 0 Å². The number of halogens is 4. The van der Waals surface area contributed by atoms with Gasteiger partial charge in [-0.05, 0) is 49.7 Å². The number of piperidine rings is 1. The van der Waals surface area contributed by atoms with Crippen molar-refractivity contribution in [2.24, 2.45) is 5.92 Å². The fraction of sp³-hybridized carbons (Fsp3) is 0.500. The topological polar surface area (TPSA) is 61.4 Å². The van der Waals surface area contributed by atoms with Crippen LogP contribution in [0.4, 0.5) is 18.9 Å². The first kappa shape index (κ1) is 18.6. The molecule has 124 valence electrons. The number of benzene rings is 1. The zero-order valence-electron chi connectivity index (χ0n) is 12.0. The Morgan fingerprint density at radius 3 is 2.36 bits per heavy atom. The Bertz CT molecular complexity index is 480. The van der Waals surface area contributed by atoms with Crippen molar-refractivity contribution in [3.63, 3.8) is 0 Å². The van der Waals surface area contributed by atoms with Gasteiger partial charge in [-0.3, -0.25) is 0 Å². The maximum atomic E-state index is 10.6. The second-order valence-electron chi connectivity index (χ2n) is 5.03. The third-order valence-electron chi connectivity index (χ3n) is 3.22. The molecule has 22 heavy (non-hydrogen) atoms. The average molecular weight is 339 g/mol. The Balaban J connectivity index is 0.000000295. The molecule has 0 amide bonds. The van der Waals surface area contributed by atoms with E-state index in [1.54, 1.807) is 0 Å². The smallest absolute Gasteiger partial charge is 0.475 e. The fourth-order valence-corrected chi connectivity index (χ4v) is 2.11. The number of hydrogen-bond donors (Lipinski definition) is 3. The van der Waals surface area contributed by atoms with Gasteiger partial charge in [-0.1, -0.05) is 18.5 Å². The molecule has 0 spiro atoms. The lowest BCUT2D eigenvalue weighted by Crippen LogP contribution is -2.42. The molecule has 1 saturated heterocycles. The van der Waals surface area contributed by atoms with Crippen molar-refractivity contribution in [3.05, 3.63) is 29.3 Å². The van der Waals surface area contributed by atoms with E-state index in [1.807, 2.05) is 24.3 Å². The minimum absolute atomic E-state index is 0.576. The van der Waals surface area contributed by atoms with Crippen molar-refractivity contribution in [2.45, 2.75) is 25.6 Å². The molecule has 2 rings (SSSR count). The molecule has 1 aliphatic rings. The highest BCUT2D eigenvalue weighted by molar-refractivity contribution is 6.30. The van der Waals surface area contributed by atoms with Crippen LogP contribution in [0.1, 0.15) is 13.3 Å². The van der Waals surface area contributed by atoms with E-state index in [9.17, 15) is 13.2 Å². The number of carboxylic acids is 1. The van der Waals surface area contributed by atoms with Gasteiger partial charge in [0.15, 0.2) is 0 Å². The molecule has 1 heterocycles. The minimum atomic E-state index is -5.08. The molecule has 2 atom stereocenters. The summed E-state index contributed by atoms with van der Waals surface area (Å²) < 4.78 is 31.7. The molecule has 1 aromatic rings. The molecule has 0 radical (unpaired) electrons. The molecule has 8 heteroatoms. The largest absolute Gasteiger partial charge is 0.490 e. The maximum absolute atomic E-state index is 10.6. The van der Waals surface area contributed by atoms with Gasteiger partial charge in [-0.2, -0.15) is 13.2 Å². The van der Waals surface area contributed by atoms with Gasteiger partial charge in [0.25, 0.3) is 0 Å². The summed E-state index contributed by atoms with van der Waals surface area (Å²) in [6.45, 7) is 4.49. The van der Waals surface area contributed by atoms with Gasteiger partial charge >= 0.3 is 12.1 Å². The van der Waals surface area contributed by atoms with Gasteiger partial charge in [0.1, 0.15) is 0 Å². The molecule has 4 nitrogen and oxygen atoms in total. The third-order valence-corrected chi connectivity index (χ3v) is 3.48. The molecular weight excluding hydrogens is 321 g/mol. The van der Waals surface area contributed by atoms with Crippen molar-refractivity contribution in [1.82, 2.24) is 5.32 Å². The van der Waals surface area contributed by atoms with E-state index in [0.29, 0.717) is 12.0 Å². The van der Waals surface area contributed by atoms with Crippen LogP contribution in [0.25, 0.3) is 0 Å². The quantitative estimate of drug-likeness (QED) is 0.773. The van der Waals surface area contributed by atoms with Gasteiger partial charge in [0, 0.05) is 16.8 Å². The fourth-order valence-electron chi connectivity index (χ4n) is 1.99. The normalized spacial score (nSPS) is 21.5. The Morgan fingerprint density at radius 2 is 1.91 bits per heavy atom. The Kier molecular flexibility index (Phi) is 6.96.